The van der Waals surface area contributed by atoms with Gasteiger partial charge in [-0.25, -0.2) is 4.79 Å². The Labute approximate surface area is 118 Å². The first-order chi connectivity index (χ1) is 9.61. The molecule has 20 heavy (non-hydrogen) atoms. The molecular formula is C16H17NO3. The average molecular weight is 271 g/mol. The van der Waals surface area contributed by atoms with Crippen molar-refractivity contribution < 1.29 is 14.6 Å². The molecule has 0 aromatic heterocycles. The number of aryl methyl sites for hydroxylation is 1. The zero-order chi connectivity index (χ0) is 14.5. The summed E-state index contributed by atoms with van der Waals surface area (Å²) in [6.45, 7) is 1.89. The lowest BCUT2D eigenvalue weighted by atomic mass is 9.95. The fourth-order valence-electron chi connectivity index (χ4n) is 2.15. The second-order valence-electron chi connectivity index (χ2n) is 4.52. The Morgan fingerprint density at radius 2 is 1.90 bits per heavy atom. The van der Waals surface area contributed by atoms with Crippen molar-refractivity contribution in [3.63, 3.8) is 0 Å². The number of rotatable bonds is 3. The molecule has 1 atom stereocenters. The van der Waals surface area contributed by atoms with Crippen molar-refractivity contribution in [2.75, 3.05) is 7.11 Å². The summed E-state index contributed by atoms with van der Waals surface area (Å²) in [7, 11) is 1.33. The van der Waals surface area contributed by atoms with Gasteiger partial charge in [0.2, 0.25) is 0 Å². The summed E-state index contributed by atoms with van der Waals surface area (Å²) in [6, 6.07) is 14.4. The highest BCUT2D eigenvalue weighted by atomic mass is 16.5. The maximum atomic E-state index is 11.6. The molecule has 4 nitrogen and oxygen atoms in total. The van der Waals surface area contributed by atoms with E-state index >= 15 is 0 Å². The lowest BCUT2D eigenvalue weighted by molar-refractivity contribution is 0.168. The Balaban J connectivity index is 2.43. The van der Waals surface area contributed by atoms with Crippen molar-refractivity contribution >= 4 is 6.09 Å². The number of aromatic hydroxyl groups is 1. The molecule has 1 unspecified atom stereocenters. The lowest BCUT2D eigenvalue weighted by Gasteiger charge is -2.21. The Kier molecular flexibility index (Phi) is 4.25. The van der Waals surface area contributed by atoms with Gasteiger partial charge in [0.05, 0.1) is 13.2 Å². The number of amides is 1. The van der Waals surface area contributed by atoms with Crippen LogP contribution in [0.15, 0.2) is 48.5 Å². The van der Waals surface area contributed by atoms with Crippen LogP contribution in [0.4, 0.5) is 4.79 Å². The maximum absolute atomic E-state index is 11.6. The molecule has 0 fully saturated rings. The van der Waals surface area contributed by atoms with E-state index in [0.29, 0.717) is 0 Å². The van der Waals surface area contributed by atoms with Crippen molar-refractivity contribution in [3.05, 3.63) is 65.2 Å². The molecule has 0 aliphatic rings. The summed E-state index contributed by atoms with van der Waals surface area (Å²) < 4.78 is 4.69. The van der Waals surface area contributed by atoms with E-state index in [0.717, 1.165) is 16.7 Å². The van der Waals surface area contributed by atoms with Crippen LogP contribution in [0.5, 0.6) is 5.75 Å². The van der Waals surface area contributed by atoms with Gasteiger partial charge in [-0.15, -0.1) is 0 Å². The summed E-state index contributed by atoms with van der Waals surface area (Å²) in [5, 5.41) is 12.3. The van der Waals surface area contributed by atoms with Crippen LogP contribution in [0, 0.1) is 6.92 Å². The van der Waals surface area contributed by atoms with Gasteiger partial charge in [-0.3, -0.25) is 0 Å². The minimum absolute atomic E-state index is 0.205. The van der Waals surface area contributed by atoms with E-state index in [1.165, 1.54) is 7.11 Å². The Bertz CT molecular complexity index is 596. The van der Waals surface area contributed by atoms with Gasteiger partial charge in [-0.05, 0) is 35.7 Å². The standard InChI is InChI=1S/C16H17NO3/c1-11-10-13(18)8-9-14(11)15(17-16(19)20-2)12-6-4-3-5-7-12/h3-10,15,18H,1-2H3,(H,17,19). The van der Waals surface area contributed by atoms with Crippen molar-refractivity contribution in [1.29, 1.82) is 0 Å². The average Bonchev–Trinajstić information content (AvgIpc) is 2.46. The highest BCUT2D eigenvalue weighted by Crippen LogP contribution is 2.27. The molecule has 0 aliphatic heterocycles. The number of carbonyl (C=O) groups excluding carboxylic acids is 1. The normalized spacial score (nSPS) is 11.7. The van der Waals surface area contributed by atoms with Gasteiger partial charge in [0.1, 0.15) is 5.75 Å². The molecule has 4 heteroatoms. The van der Waals surface area contributed by atoms with Crippen LogP contribution in [0.25, 0.3) is 0 Å². The number of ether oxygens (including phenoxy) is 1. The van der Waals surface area contributed by atoms with Crippen molar-refractivity contribution in [1.82, 2.24) is 5.32 Å². The molecule has 0 saturated heterocycles. The number of hydrogen-bond donors (Lipinski definition) is 2. The molecule has 0 saturated carbocycles. The Morgan fingerprint density at radius 1 is 1.20 bits per heavy atom. The van der Waals surface area contributed by atoms with Crippen LogP contribution in [0.1, 0.15) is 22.7 Å². The van der Waals surface area contributed by atoms with E-state index in [1.807, 2.05) is 37.3 Å². The molecule has 104 valence electrons. The summed E-state index contributed by atoms with van der Waals surface area (Å²) in [6.07, 6.45) is -0.494. The van der Waals surface area contributed by atoms with Crippen LogP contribution >= 0.6 is 0 Å². The first kappa shape index (κ1) is 13.9. The van der Waals surface area contributed by atoms with Crippen molar-refractivity contribution in [2.45, 2.75) is 13.0 Å². The summed E-state index contributed by atoms with van der Waals surface area (Å²) in [5.74, 6) is 0.205. The number of hydrogen-bond acceptors (Lipinski definition) is 3. The number of alkyl carbamates (subject to hydrolysis) is 1. The van der Waals surface area contributed by atoms with Gasteiger partial charge < -0.3 is 15.2 Å². The number of phenolic OH excluding ortho intramolecular Hbond substituents is 1. The first-order valence-corrected chi connectivity index (χ1v) is 6.30. The van der Waals surface area contributed by atoms with E-state index < -0.39 is 6.09 Å². The minimum atomic E-state index is -0.494. The van der Waals surface area contributed by atoms with Crippen molar-refractivity contribution in [2.24, 2.45) is 0 Å². The van der Waals surface area contributed by atoms with Gasteiger partial charge in [-0.1, -0.05) is 36.4 Å². The third kappa shape index (κ3) is 3.09. The molecule has 2 N–H and O–H groups in total. The van der Waals surface area contributed by atoms with Crippen molar-refractivity contribution in [3.8, 4) is 5.75 Å². The molecule has 2 rings (SSSR count). The van der Waals surface area contributed by atoms with Crippen LogP contribution in [0.2, 0.25) is 0 Å². The molecule has 2 aromatic carbocycles. The monoisotopic (exact) mass is 271 g/mol. The fraction of sp³-hybridized carbons (Fsp3) is 0.188. The predicted octanol–water partition coefficient (Wildman–Crippen LogP) is 3.15. The molecule has 1 amide bonds. The summed E-state index contributed by atoms with van der Waals surface area (Å²) in [5.41, 5.74) is 2.77. The first-order valence-electron chi connectivity index (χ1n) is 6.30. The molecule has 0 aliphatic carbocycles. The zero-order valence-corrected chi connectivity index (χ0v) is 11.5. The number of phenols is 1. The third-order valence-corrected chi connectivity index (χ3v) is 3.14. The second-order valence-corrected chi connectivity index (χ2v) is 4.52. The second kappa shape index (κ2) is 6.10. The topological polar surface area (TPSA) is 58.6 Å². The van der Waals surface area contributed by atoms with E-state index in [-0.39, 0.29) is 11.8 Å². The van der Waals surface area contributed by atoms with Crippen LogP contribution in [-0.4, -0.2) is 18.3 Å². The lowest BCUT2D eigenvalue weighted by Crippen LogP contribution is -2.29. The van der Waals surface area contributed by atoms with Crippen LogP contribution in [0.3, 0.4) is 0 Å². The van der Waals surface area contributed by atoms with Gasteiger partial charge in [0.25, 0.3) is 0 Å². The van der Waals surface area contributed by atoms with Gasteiger partial charge in [0.15, 0.2) is 0 Å². The highest BCUT2D eigenvalue weighted by molar-refractivity contribution is 5.68. The molecular weight excluding hydrogens is 254 g/mol. The van der Waals surface area contributed by atoms with E-state index in [4.69, 9.17) is 0 Å². The van der Waals surface area contributed by atoms with E-state index in [1.54, 1.807) is 18.2 Å². The number of carbonyl (C=O) groups is 1. The number of nitrogens with one attached hydrogen (secondary N) is 1. The van der Waals surface area contributed by atoms with E-state index in [9.17, 15) is 9.90 Å². The molecule has 0 bridgehead atoms. The predicted molar refractivity (Wildman–Crippen MR) is 76.7 cm³/mol. The Hall–Kier alpha value is -2.49. The van der Waals surface area contributed by atoms with E-state index in [2.05, 4.69) is 10.1 Å². The summed E-state index contributed by atoms with van der Waals surface area (Å²) >= 11 is 0. The van der Waals surface area contributed by atoms with Gasteiger partial charge in [-0.2, -0.15) is 0 Å². The summed E-state index contributed by atoms with van der Waals surface area (Å²) in [4.78, 5) is 11.6. The third-order valence-electron chi connectivity index (χ3n) is 3.14. The molecule has 2 aromatic rings. The number of methoxy groups -OCH3 is 1. The molecule has 0 heterocycles. The Morgan fingerprint density at radius 3 is 2.50 bits per heavy atom. The minimum Gasteiger partial charge on any atom is -0.508 e. The van der Waals surface area contributed by atoms with Crippen LogP contribution in [-0.2, 0) is 4.74 Å². The molecule has 0 spiro atoms. The maximum Gasteiger partial charge on any atom is 0.407 e. The van der Waals surface area contributed by atoms with Crippen LogP contribution < -0.4 is 5.32 Å². The largest absolute Gasteiger partial charge is 0.508 e. The SMILES string of the molecule is COC(=O)NC(c1ccccc1)c1ccc(O)cc1C. The smallest absolute Gasteiger partial charge is 0.407 e. The highest BCUT2D eigenvalue weighted by Gasteiger charge is 2.18. The quantitative estimate of drug-likeness (QED) is 0.901. The zero-order valence-electron chi connectivity index (χ0n) is 11.5. The molecule has 0 radical (unpaired) electrons. The van der Waals surface area contributed by atoms with Gasteiger partial charge >= 0.3 is 6.09 Å². The van der Waals surface area contributed by atoms with Gasteiger partial charge in [0, 0.05) is 0 Å². The fourth-order valence-corrected chi connectivity index (χ4v) is 2.15. The number of benzene rings is 2.